The van der Waals surface area contributed by atoms with Crippen molar-refractivity contribution in [3.05, 3.63) is 48.6 Å². The van der Waals surface area contributed by atoms with Gasteiger partial charge in [-0.2, -0.15) is 0 Å². The molecule has 34 heavy (non-hydrogen) atoms. The number of esters is 2. The molecular formula is C22H18N2O10. The zero-order valence-electron chi connectivity index (χ0n) is 17.5. The highest BCUT2D eigenvalue weighted by molar-refractivity contribution is 5.97. The number of fused-ring (bicyclic) bond motifs is 2. The summed E-state index contributed by atoms with van der Waals surface area (Å²) in [6, 6.07) is 9.61. The second-order valence-corrected chi connectivity index (χ2v) is 6.78. The second kappa shape index (κ2) is 10.3. The molecule has 0 spiro atoms. The lowest BCUT2D eigenvalue weighted by Gasteiger charge is -2.06. The molecule has 2 aliphatic rings. The highest BCUT2D eigenvalue weighted by atomic mass is 16.7. The van der Waals surface area contributed by atoms with Crippen molar-refractivity contribution in [3.8, 4) is 23.0 Å². The van der Waals surface area contributed by atoms with Crippen LogP contribution >= 0.6 is 0 Å². The molecule has 4 rings (SSSR count). The van der Waals surface area contributed by atoms with Gasteiger partial charge in [0, 0.05) is 35.7 Å². The van der Waals surface area contributed by atoms with E-state index in [4.69, 9.17) is 28.4 Å². The molecule has 0 fully saturated rings. The van der Waals surface area contributed by atoms with Crippen LogP contribution < -0.4 is 29.6 Å². The normalized spacial score (nSPS) is 12.8. The molecule has 2 aliphatic heterocycles. The van der Waals surface area contributed by atoms with Crippen molar-refractivity contribution in [2.45, 2.75) is 0 Å². The van der Waals surface area contributed by atoms with Gasteiger partial charge in [-0.3, -0.25) is 9.59 Å². The number of carbonyl (C=O) groups excluding carboxylic acids is 4. The van der Waals surface area contributed by atoms with E-state index in [1.165, 1.54) is 0 Å². The summed E-state index contributed by atoms with van der Waals surface area (Å²) >= 11 is 0. The first-order valence-corrected chi connectivity index (χ1v) is 9.87. The van der Waals surface area contributed by atoms with Gasteiger partial charge in [0.15, 0.2) is 36.2 Å². The van der Waals surface area contributed by atoms with Gasteiger partial charge in [-0.15, -0.1) is 0 Å². The van der Waals surface area contributed by atoms with E-state index >= 15 is 0 Å². The van der Waals surface area contributed by atoms with E-state index in [-0.39, 0.29) is 13.6 Å². The smallest absolute Gasteiger partial charge is 0.331 e. The van der Waals surface area contributed by atoms with E-state index in [0.717, 1.165) is 12.2 Å². The molecule has 176 valence electrons. The highest BCUT2D eigenvalue weighted by Crippen LogP contribution is 2.35. The molecule has 2 amide bonds. The van der Waals surface area contributed by atoms with E-state index in [9.17, 15) is 19.2 Å². The maximum Gasteiger partial charge on any atom is 0.331 e. The Morgan fingerprint density at radius 2 is 1.09 bits per heavy atom. The van der Waals surface area contributed by atoms with Gasteiger partial charge in [0.1, 0.15) is 0 Å². The van der Waals surface area contributed by atoms with Crippen LogP contribution in [0.5, 0.6) is 23.0 Å². The van der Waals surface area contributed by atoms with Crippen molar-refractivity contribution in [3.63, 3.8) is 0 Å². The summed E-state index contributed by atoms with van der Waals surface area (Å²) in [5.74, 6) is -0.975. The Bertz CT molecular complexity index is 1070. The Balaban J connectivity index is 1.14. The van der Waals surface area contributed by atoms with Crippen LogP contribution in [0.2, 0.25) is 0 Å². The molecule has 12 heteroatoms. The van der Waals surface area contributed by atoms with Gasteiger partial charge in [-0.1, -0.05) is 0 Å². The Kier molecular flexibility index (Phi) is 6.77. The van der Waals surface area contributed by atoms with Crippen LogP contribution in [0.3, 0.4) is 0 Å². The van der Waals surface area contributed by atoms with Gasteiger partial charge in [0.25, 0.3) is 11.8 Å². The van der Waals surface area contributed by atoms with Crippen LogP contribution in [0.4, 0.5) is 11.4 Å². The molecule has 2 N–H and O–H groups in total. The topological polar surface area (TPSA) is 148 Å². The average Bonchev–Trinajstić information content (AvgIpc) is 3.48. The summed E-state index contributed by atoms with van der Waals surface area (Å²) in [5.41, 5.74) is 0.867. The van der Waals surface area contributed by atoms with Crippen LogP contribution in [-0.2, 0) is 28.7 Å². The molecular weight excluding hydrogens is 452 g/mol. The predicted molar refractivity (Wildman–Crippen MR) is 113 cm³/mol. The zero-order chi connectivity index (χ0) is 23.9. The number of ether oxygens (including phenoxy) is 6. The van der Waals surface area contributed by atoms with E-state index in [0.29, 0.717) is 34.4 Å². The van der Waals surface area contributed by atoms with Crippen LogP contribution in [0, 0.1) is 0 Å². The van der Waals surface area contributed by atoms with Gasteiger partial charge in [0.05, 0.1) is 0 Å². The van der Waals surface area contributed by atoms with E-state index in [1.54, 1.807) is 36.4 Å². The summed E-state index contributed by atoms with van der Waals surface area (Å²) in [6.07, 6.45) is 1.57. The molecule has 0 aromatic heterocycles. The van der Waals surface area contributed by atoms with Gasteiger partial charge in [-0.05, 0) is 24.3 Å². The summed E-state index contributed by atoms with van der Waals surface area (Å²) in [7, 11) is 0. The van der Waals surface area contributed by atoms with E-state index < -0.39 is 37.0 Å². The minimum absolute atomic E-state index is 0.101. The van der Waals surface area contributed by atoms with Crippen LogP contribution in [0.1, 0.15) is 0 Å². The number of rotatable bonds is 8. The Morgan fingerprint density at radius 1 is 0.676 bits per heavy atom. The lowest BCUT2D eigenvalue weighted by atomic mass is 10.3. The third-order valence-corrected chi connectivity index (χ3v) is 4.36. The van der Waals surface area contributed by atoms with Gasteiger partial charge in [0.2, 0.25) is 13.6 Å². The fourth-order valence-electron chi connectivity index (χ4n) is 2.85. The van der Waals surface area contributed by atoms with Gasteiger partial charge >= 0.3 is 11.9 Å². The van der Waals surface area contributed by atoms with Crippen molar-refractivity contribution < 1.29 is 47.6 Å². The summed E-state index contributed by atoms with van der Waals surface area (Å²) < 4.78 is 30.3. The van der Waals surface area contributed by atoms with Crippen LogP contribution in [0.25, 0.3) is 0 Å². The monoisotopic (exact) mass is 470 g/mol. The number of hydrogen-bond acceptors (Lipinski definition) is 10. The number of carbonyl (C=O) groups is 4. The van der Waals surface area contributed by atoms with Gasteiger partial charge < -0.3 is 39.1 Å². The van der Waals surface area contributed by atoms with Gasteiger partial charge in [-0.25, -0.2) is 9.59 Å². The molecule has 0 aliphatic carbocycles. The van der Waals surface area contributed by atoms with Crippen molar-refractivity contribution in [1.29, 1.82) is 0 Å². The lowest BCUT2D eigenvalue weighted by Crippen LogP contribution is -2.21. The SMILES string of the molecule is O=C(COC(=O)C=CC(=O)OCC(=O)Nc1ccc2c(c1)OCO2)Nc1ccc2c(c1)OCO2. The fourth-order valence-corrected chi connectivity index (χ4v) is 2.85. The zero-order valence-corrected chi connectivity index (χ0v) is 17.5. The standard InChI is InChI=1S/C22H18N2O10/c25-19(23-13-1-3-15-17(7-13)33-11-31-15)9-29-21(27)5-6-22(28)30-10-20(26)24-14-2-4-16-18(8-14)34-12-32-16/h1-8H,9-12H2,(H,23,25)(H,24,26). The van der Waals surface area contributed by atoms with E-state index in [2.05, 4.69) is 10.6 Å². The van der Waals surface area contributed by atoms with Crippen molar-refractivity contribution in [1.82, 2.24) is 0 Å². The molecule has 2 heterocycles. The van der Waals surface area contributed by atoms with Crippen molar-refractivity contribution >= 4 is 35.1 Å². The first-order valence-electron chi connectivity index (χ1n) is 9.87. The molecule has 2 aromatic rings. The maximum absolute atomic E-state index is 11.9. The van der Waals surface area contributed by atoms with Crippen molar-refractivity contribution in [2.75, 3.05) is 37.4 Å². The number of amides is 2. The minimum atomic E-state index is -0.942. The minimum Gasteiger partial charge on any atom is -0.454 e. The molecule has 2 aromatic carbocycles. The maximum atomic E-state index is 11.9. The Hall–Kier alpha value is -4.74. The van der Waals surface area contributed by atoms with Crippen molar-refractivity contribution in [2.24, 2.45) is 0 Å². The average molecular weight is 470 g/mol. The summed E-state index contributed by atoms with van der Waals surface area (Å²) in [4.78, 5) is 47.2. The third kappa shape index (κ3) is 5.94. The Labute approximate surface area is 192 Å². The number of nitrogens with one attached hydrogen (secondary N) is 2. The predicted octanol–water partition coefficient (Wildman–Crippen LogP) is 1.36. The summed E-state index contributed by atoms with van der Waals surface area (Å²) in [6.45, 7) is -0.956. The molecule has 0 saturated heterocycles. The number of benzene rings is 2. The largest absolute Gasteiger partial charge is 0.454 e. The van der Waals surface area contributed by atoms with Crippen LogP contribution in [-0.4, -0.2) is 50.6 Å². The number of hydrogen-bond donors (Lipinski definition) is 2. The first kappa shape index (κ1) is 22.5. The molecule has 0 bridgehead atoms. The molecule has 0 radical (unpaired) electrons. The van der Waals surface area contributed by atoms with Crippen LogP contribution in [0.15, 0.2) is 48.6 Å². The first-order chi connectivity index (χ1) is 16.5. The summed E-state index contributed by atoms with van der Waals surface area (Å²) in [5, 5.41) is 5.06. The lowest BCUT2D eigenvalue weighted by molar-refractivity contribution is -0.144. The number of anilines is 2. The van der Waals surface area contributed by atoms with E-state index in [1.807, 2.05) is 0 Å². The molecule has 0 saturated carbocycles. The molecule has 12 nitrogen and oxygen atoms in total. The highest BCUT2D eigenvalue weighted by Gasteiger charge is 2.16. The fraction of sp³-hybridized carbons (Fsp3) is 0.182. The third-order valence-electron chi connectivity index (χ3n) is 4.36. The quantitative estimate of drug-likeness (QED) is 0.428. The molecule has 0 unspecified atom stereocenters. The molecule has 0 atom stereocenters. The second-order valence-electron chi connectivity index (χ2n) is 6.78. The Morgan fingerprint density at radius 3 is 1.53 bits per heavy atom.